The molecule has 1 aromatic carbocycles. The fourth-order valence-electron chi connectivity index (χ4n) is 3.92. The second-order valence-corrected chi connectivity index (χ2v) is 6.15. The predicted molar refractivity (Wildman–Crippen MR) is 79.0 cm³/mol. The molecule has 0 saturated heterocycles. The molecule has 1 aliphatic carbocycles. The number of nitrogens with one attached hydrogen (secondary N) is 1. The first-order chi connectivity index (χ1) is 8.54. The third-order valence-electron chi connectivity index (χ3n) is 4.72. The van der Waals surface area contributed by atoms with Crippen LogP contribution in [0.5, 0.6) is 0 Å². The highest BCUT2D eigenvalue weighted by molar-refractivity contribution is 5.40. The summed E-state index contributed by atoms with van der Waals surface area (Å²) in [4.78, 5) is 0. The summed E-state index contributed by atoms with van der Waals surface area (Å²) in [6.07, 6.45) is 4.17. The van der Waals surface area contributed by atoms with Gasteiger partial charge in [0.2, 0.25) is 0 Å². The number of rotatable bonds is 3. The van der Waals surface area contributed by atoms with Gasteiger partial charge in [-0.3, -0.25) is 0 Å². The maximum Gasteiger partial charge on any atom is 0.0353 e. The summed E-state index contributed by atoms with van der Waals surface area (Å²) >= 11 is 0. The van der Waals surface area contributed by atoms with Crippen LogP contribution in [-0.2, 0) is 0 Å². The molecule has 1 N–H and O–H groups in total. The predicted octanol–water partition coefficient (Wildman–Crippen LogP) is 4.31. The van der Waals surface area contributed by atoms with Gasteiger partial charge < -0.3 is 5.32 Å². The summed E-state index contributed by atoms with van der Waals surface area (Å²) in [6.45, 7) is 9.13. The molecule has 0 spiro atoms. The lowest BCUT2D eigenvalue weighted by Gasteiger charge is -2.30. The third kappa shape index (κ3) is 2.47. The van der Waals surface area contributed by atoms with E-state index in [4.69, 9.17) is 0 Å². The van der Waals surface area contributed by atoms with Crippen LogP contribution in [0.2, 0.25) is 0 Å². The van der Waals surface area contributed by atoms with Gasteiger partial charge in [-0.15, -0.1) is 0 Å². The van der Waals surface area contributed by atoms with Crippen LogP contribution in [0, 0.1) is 32.6 Å². The van der Waals surface area contributed by atoms with Gasteiger partial charge in [-0.2, -0.15) is 0 Å². The van der Waals surface area contributed by atoms with Crippen LogP contribution in [0.25, 0.3) is 0 Å². The maximum atomic E-state index is 3.59. The molecule has 0 heterocycles. The normalized spacial score (nSPS) is 25.4. The first kappa shape index (κ1) is 13.6. The van der Waals surface area contributed by atoms with Crippen LogP contribution in [-0.4, -0.2) is 7.05 Å². The second-order valence-electron chi connectivity index (χ2n) is 6.15. The Labute approximate surface area is 112 Å². The smallest absolute Gasteiger partial charge is 0.0353 e. The van der Waals surface area contributed by atoms with E-state index in [1.165, 1.54) is 36.0 Å². The van der Waals surface area contributed by atoms with E-state index in [1.54, 1.807) is 5.56 Å². The van der Waals surface area contributed by atoms with Gasteiger partial charge in [-0.05, 0) is 62.8 Å². The zero-order valence-electron chi connectivity index (χ0n) is 12.5. The molecule has 0 aromatic heterocycles. The van der Waals surface area contributed by atoms with Gasteiger partial charge in [-0.25, -0.2) is 0 Å². The maximum absolute atomic E-state index is 3.59. The van der Waals surface area contributed by atoms with E-state index in [9.17, 15) is 0 Å². The molecule has 18 heavy (non-hydrogen) atoms. The van der Waals surface area contributed by atoms with Gasteiger partial charge in [0.05, 0.1) is 0 Å². The molecule has 1 fully saturated rings. The lowest BCUT2D eigenvalue weighted by Crippen LogP contribution is -2.28. The highest BCUT2D eigenvalue weighted by atomic mass is 14.9. The average molecular weight is 245 g/mol. The molecule has 1 aliphatic rings. The Morgan fingerprint density at radius 2 is 1.72 bits per heavy atom. The SMILES string of the molecule is CNC(c1c(C)cc(C)cc1C)C1CCCC1C. The molecular weight excluding hydrogens is 218 g/mol. The zero-order valence-corrected chi connectivity index (χ0v) is 12.5. The Balaban J connectivity index is 2.38. The van der Waals surface area contributed by atoms with Crippen LogP contribution < -0.4 is 5.32 Å². The minimum atomic E-state index is 0.531. The topological polar surface area (TPSA) is 12.0 Å². The average Bonchev–Trinajstić information content (AvgIpc) is 2.69. The fraction of sp³-hybridized carbons (Fsp3) is 0.647. The second kappa shape index (κ2) is 5.44. The van der Waals surface area contributed by atoms with E-state index in [2.05, 4.69) is 52.2 Å². The summed E-state index contributed by atoms with van der Waals surface area (Å²) in [5.74, 6) is 1.65. The highest BCUT2D eigenvalue weighted by Gasteiger charge is 2.32. The first-order valence-corrected chi connectivity index (χ1v) is 7.29. The molecule has 0 bridgehead atoms. The monoisotopic (exact) mass is 245 g/mol. The van der Waals surface area contributed by atoms with Gasteiger partial charge in [0.1, 0.15) is 0 Å². The molecule has 3 atom stereocenters. The van der Waals surface area contributed by atoms with Crippen molar-refractivity contribution >= 4 is 0 Å². The third-order valence-corrected chi connectivity index (χ3v) is 4.72. The largest absolute Gasteiger partial charge is 0.313 e. The minimum Gasteiger partial charge on any atom is -0.313 e. The van der Waals surface area contributed by atoms with Crippen LogP contribution >= 0.6 is 0 Å². The van der Waals surface area contributed by atoms with E-state index in [-0.39, 0.29) is 0 Å². The molecule has 1 nitrogen and oxygen atoms in total. The van der Waals surface area contributed by atoms with Crippen molar-refractivity contribution in [3.63, 3.8) is 0 Å². The molecule has 100 valence electrons. The van der Waals surface area contributed by atoms with Crippen molar-refractivity contribution in [3.8, 4) is 0 Å². The summed E-state index contributed by atoms with van der Waals surface area (Å²) < 4.78 is 0. The Hall–Kier alpha value is -0.820. The molecule has 1 aromatic rings. The van der Waals surface area contributed by atoms with E-state index >= 15 is 0 Å². The van der Waals surface area contributed by atoms with E-state index < -0.39 is 0 Å². The first-order valence-electron chi connectivity index (χ1n) is 7.29. The molecule has 1 saturated carbocycles. The zero-order chi connectivity index (χ0) is 13.3. The number of benzene rings is 1. The standard InChI is InChI=1S/C17H27N/c1-11-9-13(3)16(14(4)10-11)17(18-5)15-8-6-7-12(15)2/h9-10,12,15,17-18H,6-8H2,1-5H3. The van der Waals surface area contributed by atoms with Crippen molar-refractivity contribution in [1.82, 2.24) is 5.32 Å². The van der Waals surface area contributed by atoms with Crippen molar-refractivity contribution in [2.75, 3.05) is 7.05 Å². The molecule has 0 amide bonds. The quantitative estimate of drug-likeness (QED) is 0.837. The Bertz CT molecular complexity index is 399. The summed E-state index contributed by atoms with van der Waals surface area (Å²) in [7, 11) is 2.12. The van der Waals surface area contributed by atoms with E-state index in [1.807, 2.05) is 0 Å². The van der Waals surface area contributed by atoms with Crippen molar-refractivity contribution in [2.45, 2.75) is 53.0 Å². The molecule has 2 rings (SSSR count). The van der Waals surface area contributed by atoms with Gasteiger partial charge in [0.25, 0.3) is 0 Å². The molecule has 0 aliphatic heterocycles. The lowest BCUT2D eigenvalue weighted by atomic mass is 9.82. The minimum absolute atomic E-state index is 0.531. The van der Waals surface area contributed by atoms with Crippen LogP contribution in [0.15, 0.2) is 12.1 Å². The Kier molecular flexibility index (Phi) is 4.11. The van der Waals surface area contributed by atoms with Crippen molar-refractivity contribution in [2.24, 2.45) is 11.8 Å². The van der Waals surface area contributed by atoms with Crippen LogP contribution in [0.3, 0.4) is 0 Å². The molecule has 0 radical (unpaired) electrons. The van der Waals surface area contributed by atoms with Crippen molar-refractivity contribution in [1.29, 1.82) is 0 Å². The van der Waals surface area contributed by atoms with Gasteiger partial charge in [0.15, 0.2) is 0 Å². The van der Waals surface area contributed by atoms with Crippen LogP contribution in [0.4, 0.5) is 0 Å². The number of hydrogen-bond donors (Lipinski definition) is 1. The van der Waals surface area contributed by atoms with E-state index in [0.29, 0.717) is 6.04 Å². The van der Waals surface area contributed by atoms with Gasteiger partial charge in [0, 0.05) is 6.04 Å². The summed E-state index contributed by atoms with van der Waals surface area (Å²) in [6, 6.07) is 5.18. The lowest BCUT2D eigenvalue weighted by molar-refractivity contribution is 0.314. The fourth-order valence-corrected chi connectivity index (χ4v) is 3.92. The van der Waals surface area contributed by atoms with Crippen molar-refractivity contribution in [3.05, 3.63) is 34.4 Å². The molecular formula is C17H27N. The highest BCUT2D eigenvalue weighted by Crippen LogP contribution is 2.41. The van der Waals surface area contributed by atoms with E-state index in [0.717, 1.165) is 11.8 Å². The van der Waals surface area contributed by atoms with Gasteiger partial charge >= 0.3 is 0 Å². The summed E-state index contributed by atoms with van der Waals surface area (Å²) in [5.41, 5.74) is 5.82. The Morgan fingerprint density at radius 3 is 2.17 bits per heavy atom. The Morgan fingerprint density at radius 1 is 1.11 bits per heavy atom. The van der Waals surface area contributed by atoms with Crippen molar-refractivity contribution < 1.29 is 0 Å². The van der Waals surface area contributed by atoms with Crippen LogP contribution in [0.1, 0.15) is 54.5 Å². The summed E-state index contributed by atoms with van der Waals surface area (Å²) in [5, 5.41) is 3.59. The molecule has 3 unspecified atom stereocenters. The number of hydrogen-bond acceptors (Lipinski definition) is 1. The number of aryl methyl sites for hydroxylation is 3. The molecule has 1 heteroatoms. The van der Waals surface area contributed by atoms with Gasteiger partial charge in [-0.1, -0.05) is 37.5 Å².